The summed E-state index contributed by atoms with van der Waals surface area (Å²) in [4.78, 5) is 18.7. The van der Waals surface area contributed by atoms with Gasteiger partial charge in [-0.2, -0.15) is 13.2 Å². The fraction of sp³-hybridized carbons (Fsp3) is 0.478. The zero-order valence-electron chi connectivity index (χ0n) is 17.7. The smallest absolute Gasteiger partial charge is 0.416 e. The first kappa shape index (κ1) is 22.4. The van der Waals surface area contributed by atoms with Gasteiger partial charge in [0.2, 0.25) is 5.88 Å². The lowest BCUT2D eigenvalue weighted by Gasteiger charge is -2.33. The first-order valence-corrected chi connectivity index (χ1v) is 10.9. The van der Waals surface area contributed by atoms with Gasteiger partial charge >= 0.3 is 6.18 Å². The molecule has 32 heavy (non-hydrogen) atoms. The lowest BCUT2D eigenvalue weighted by molar-refractivity contribution is -0.137. The van der Waals surface area contributed by atoms with Gasteiger partial charge < -0.3 is 20.3 Å². The fourth-order valence-corrected chi connectivity index (χ4v) is 4.08. The first-order valence-electron chi connectivity index (χ1n) is 10.9. The Morgan fingerprint density at radius 3 is 2.31 bits per heavy atom. The lowest BCUT2D eigenvalue weighted by atomic mass is 10.1. The van der Waals surface area contributed by atoms with Crippen molar-refractivity contribution < 1.29 is 22.7 Å². The molecule has 1 amide bonds. The number of rotatable bonds is 5. The van der Waals surface area contributed by atoms with Crippen LogP contribution in [0.3, 0.4) is 0 Å². The van der Waals surface area contributed by atoms with E-state index in [0.717, 1.165) is 56.6 Å². The van der Waals surface area contributed by atoms with Crippen LogP contribution in [0.2, 0.25) is 0 Å². The normalized spacial score (nSPS) is 18.4. The van der Waals surface area contributed by atoms with E-state index in [1.54, 1.807) is 12.1 Å². The highest BCUT2D eigenvalue weighted by molar-refractivity contribution is 5.94. The molecule has 2 aromatic rings. The van der Waals surface area contributed by atoms with Crippen LogP contribution in [0.5, 0.6) is 5.88 Å². The number of carbonyl (C=O) groups excluding carboxylic acids is 1. The van der Waals surface area contributed by atoms with Crippen LogP contribution in [-0.4, -0.2) is 49.2 Å². The third-order valence-electron chi connectivity index (χ3n) is 5.96. The Labute approximate surface area is 185 Å². The van der Waals surface area contributed by atoms with Gasteiger partial charge in [-0.3, -0.25) is 4.79 Å². The van der Waals surface area contributed by atoms with E-state index < -0.39 is 11.7 Å². The molecule has 9 heteroatoms. The van der Waals surface area contributed by atoms with E-state index in [4.69, 9.17) is 4.74 Å². The topological polar surface area (TPSA) is 66.5 Å². The van der Waals surface area contributed by atoms with Crippen LogP contribution in [-0.2, 0) is 6.18 Å². The van der Waals surface area contributed by atoms with Gasteiger partial charge in [0, 0.05) is 49.9 Å². The van der Waals surface area contributed by atoms with E-state index in [1.165, 1.54) is 18.3 Å². The van der Waals surface area contributed by atoms with Crippen LogP contribution in [0.1, 0.15) is 41.6 Å². The number of hydrogen-bond donors (Lipinski definition) is 2. The molecule has 2 fully saturated rings. The molecule has 0 atom stereocenters. The van der Waals surface area contributed by atoms with Gasteiger partial charge in [0.25, 0.3) is 5.91 Å². The molecule has 4 rings (SSSR count). The number of amides is 1. The quantitative estimate of drug-likeness (QED) is 0.731. The Bertz CT molecular complexity index is 889. The maximum absolute atomic E-state index is 12.7. The van der Waals surface area contributed by atoms with E-state index in [2.05, 4.69) is 20.5 Å². The monoisotopic (exact) mass is 448 g/mol. The average molecular weight is 448 g/mol. The van der Waals surface area contributed by atoms with E-state index in [0.29, 0.717) is 24.5 Å². The van der Waals surface area contributed by atoms with Gasteiger partial charge in [-0.1, -0.05) is 0 Å². The summed E-state index contributed by atoms with van der Waals surface area (Å²) in [6, 6.07) is 8.87. The van der Waals surface area contributed by atoms with Crippen molar-refractivity contribution in [3.8, 4) is 5.88 Å². The van der Waals surface area contributed by atoms with E-state index >= 15 is 0 Å². The number of pyridine rings is 1. The molecular weight excluding hydrogens is 421 g/mol. The standard InChI is InChI=1S/C23H27F3N4O2/c24-23(25,26)17-2-4-19(5-3-17)30-13-9-20(10-14-30)32-21-6-1-16(15-28-21)22(31)29-18-7-11-27-12-8-18/h1-6,15,18,20,27H,7-14H2,(H,29,31). The van der Waals surface area contributed by atoms with E-state index in [-0.39, 0.29) is 18.1 Å². The number of halogens is 3. The molecule has 1 aromatic carbocycles. The minimum atomic E-state index is -4.32. The Kier molecular flexibility index (Phi) is 6.83. The largest absolute Gasteiger partial charge is 0.474 e. The van der Waals surface area contributed by atoms with Crippen LogP contribution >= 0.6 is 0 Å². The minimum Gasteiger partial charge on any atom is -0.474 e. The maximum atomic E-state index is 12.7. The van der Waals surface area contributed by atoms with E-state index in [1.807, 2.05) is 0 Å². The van der Waals surface area contributed by atoms with Crippen LogP contribution in [0.25, 0.3) is 0 Å². The van der Waals surface area contributed by atoms with Crippen molar-refractivity contribution in [1.82, 2.24) is 15.6 Å². The molecule has 0 spiro atoms. The van der Waals surface area contributed by atoms with Gasteiger partial charge in [-0.05, 0) is 56.3 Å². The molecule has 6 nitrogen and oxygen atoms in total. The van der Waals surface area contributed by atoms with Crippen molar-refractivity contribution in [3.63, 3.8) is 0 Å². The number of carbonyl (C=O) groups is 1. The molecule has 2 aliphatic heterocycles. The van der Waals surface area contributed by atoms with Crippen molar-refractivity contribution in [2.75, 3.05) is 31.1 Å². The SMILES string of the molecule is O=C(NC1CCNCC1)c1ccc(OC2CCN(c3ccc(C(F)(F)F)cc3)CC2)nc1. The summed E-state index contributed by atoms with van der Waals surface area (Å²) in [6.07, 6.45) is 0.500. The Balaban J connectivity index is 1.25. The Morgan fingerprint density at radius 1 is 1.03 bits per heavy atom. The Hall–Kier alpha value is -2.81. The summed E-state index contributed by atoms with van der Waals surface area (Å²) >= 11 is 0. The highest BCUT2D eigenvalue weighted by Gasteiger charge is 2.30. The van der Waals surface area contributed by atoms with Crippen LogP contribution in [0.4, 0.5) is 18.9 Å². The zero-order valence-corrected chi connectivity index (χ0v) is 17.7. The van der Waals surface area contributed by atoms with Gasteiger partial charge in [0.15, 0.2) is 0 Å². The summed E-state index contributed by atoms with van der Waals surface area (Å²) in [5.41, 5.74) is 0.644. The molecule has 0 aliphatic carbocycles. The second-order valence-corrected chi connectivity index (χ2v) is 8.23. The van der Waals surface area contributed by atoms with Crippen LogP contribution in [0, 0.1) is 0 Å². The van der Waals surface area contributed by atoms with Crippen LogP contribution < -0.4 is 20.3 Å². The van der Waals surface area contributed by atoms with E-state index in [9.17, 15) is 18.0 Å². The number of piperidine rings is 2. The summed E-state index contributed by atoms with van der Waals surface area (Å²) in [5, 5.41) is 6.31. The highest BCUT2D eigenvalue weighted by Crippen LogP contribution is 2.31. The number of aromatic nitrogens is 1. The van der Waals surface area contributed by atoms with Gasteiger partial charge in [0.1, 0.15) is 6.10 Å². The number of benzene rings is 1. The summed E-state index contributed by atoms with van der Waals surface area (Å²) in [5.74, 6) is 0.345. The van der Waals surface area contributed by atoms with Crippen molar-refractivity contribution >= 4 is 11.6 Å². The number of hydrogen-bond acceptors (Lipinski definition) is 5. The predicted molar refractivity (Wildman–Crippen MR) is 115 cm³/mol. The summed E-state index contributed by atoms with van der Waals surface area (Å²) < 4.78 is 44.2. The minimum absolute atomic E-state index is 0.0254. The first-order chi connectivity index (χ1) is 15.4. The number of alkyl halides is 3. The van der Waals surface area contributed by atoms with Gasteiger partial charge in [-0.15, -0.1) is 0 Å². The zero-order chi connectivity index (χ0) is 22.6. The fourth-order valence-electron chi connectivity index (χ4n) is 4.08. The highest BCUT2D eigenvalue weighted by atomic mass is 19.4. The molecule has 0 saturated carbocycles. The number of anilines is 1. The van der Waals surface area contributed by atoms with Crippen molar-refractivity contribution in [2.45, 2.75) is 44.0 Å². The molecule has 0 unspecified atom stereocenters. The molecular formula is C23H27F3N4O2. The molecule has 2 saturated heterocycles. The number of nitrogens with one attached hydrogen (secondary N) is 2. The van der Waals surface area contributed by atoms with Gasteiger partial charge in [0.05, 0.1) is 11.1 Å². The van der Waals surface area contributed by atoms with Gasteiger partial charge in [-0.25, -0.2) is 4.98 Å². The predicted octanol–water partition coefficient (Wildman–Crippen LogP) is 3.63. The summed E-state index contributed by atoms with van der Waals surface area (Å²) in [7, 11) is 0. The molecule has 3 heterocycles. The number of ether oxygens (including phenoxy) is 1. The third kappa shape index (κ3) is 5.70. The third-order valence-corrected chi connectivity index (χ3v) is 5.96. The van der Waals surface area contributed by atoms with Crippen molar-refractivity contribution in [2.24, 2.45) is 0 Å². The molecule has 0 radical (unpaired) electrons. The second kappa shape index (κ2) is 9.77. The van der Waals surface area contributed by atoms with Crippen LogP contribution in [0.15, 0.2) is 42.6 Å². The molecule has 0 bridgehead atoms. The lowest BCUT2D eigenvalue weighted by Crippen LogP contribution is -2.42. The maximum Gasteiger partial charge on any atom is 0.416 e. The Morgan fingerprint density at radius 2 is 1.72 bits per heavy atom. The average Bonchev–Trinajstić information content (AvgIpc) is 2.80. The second-order valence-electron chi connectivity index (χ2n) is 8.23. The summed E-state index contributed by atoms with van der Waals surface area (Å²) in [6.45, 7) is 3.20. The van der Waals surface area contributed by atoms with Crippen molar-refractivity contribution in [1.29, 1.82) is 0 Å². The molecule has 2 aliphatic rings. The molecule has 172 valence electrons. The van der Waals surface area contributed by atoms with Crippen molar-refractivity contribution in [3.05, 3.63) is 53.7 Å². The number of nitrogens with zero attached hydrogens (tertiary/aromatic N) is 2. The molecule has 1 aromatic heterocycles. The molecule has 2 N–H and O–H groups in total.